The molecule has 1 aromatic rings. The average molecular weight is 170 g/mol. The lowest BCUT2D eigenvalue weighted by Crippen LogP contribution is -1.81. The molecular formula is C11H10N2. The molecule has 0 bridgehead atoms. The van der Waals surface area contributed by atoms with Gasteiger partial charge in [-0.3, -0.25) is 4.99 Å². The minimum Gasteiger partial charge on any atom is -0.254 e. The van der Waals surface area contributed by atoms with Crippen molar-refractivity contribution in [3.8, 4) is 0 Å². The van der Waals surface area contributed by atoms with Gasteiger partial charge in [-0.2, -0.15) is 0 Å². The van der Waals surface area contributed by atoms with Crippen LogP contribution in [-0.4, -0.2) is 12.1 Å². The molecule has 13 heavy (non-hydrogen) atoms. The maximum absolute atomic E-state index is 4.31. The second kappa shape index (κ2) is 3.00. The van der Waals surface area contributed by atoms with Crippen LogP contribution in [0.1, 0.15) is 11.1 Å². The largest absolute Gasteiger partial charge is 0.254 e. The maximum Gasteiger partial charge on any atom is 0.0989 e. The molecule has 0 saturated heterocycles. The maximum atomic E-state index is 4.31. The van der Waals surface area contributed by atoms with Crippen LogP contribution in [0.3, 0.4) is 0 Å². The van der Waals surface area contributed by atoms with Gasteiger partial charge in [0.05, 0.1) is 11.4 Å². The molecule has 0 N–H and O–H groups in total. The fourth-order valence-corrected chi connectivity index (χ4v) is 1.29. The number of benzene rings is 1. The molecule has 64 valence electrons. The van der Waals surface area contributed by atoms with Gasteiger partial charge in [0, 0.05) is 12.3 Å². The Kier molecular flexibility index (Phi) is 1.84. The molecular weight excluding hydrogens is 160 g/mol. The Morgan fingerprint density at radius 1 is 1.23 bits per heavy atom. The molecule has 2 nitrogen and oxygen atoms in total. The third-order valence-corrected chi connectivity index (χ3v) is 2.22. The Hall–Kier alpha value is -1.66. The van der Waals surface area contributed by atoms with E-state index >= 15 is 0 Å². The van der Waals surface area contributed by atoms with Crippen LogP contribution < -0.4 is 0 Å². The van der Waals surface area contributed by atoms with Crippen molar-refractivity contribution in [3.05, 3.63) is 29.3 Å². The van der Waals surface area contributed by atoms with Gasteiger partial charge in [-0.15, -0.1) is 0 Å². The van der Waals surface area contributed by atoms with Gasteiger partial charge >= 0.3 is 0 Å². The minimum atomic E-state index is 0.896. The summed E-state index contributed by atoms with van der Waals surface area (Å²) in [5.74, 6) is 2.80. The van der Waals surface area contributed by atoms with E-state index in [1.165, 1.54) is 11.1 Å². The summed E-state index contributed by atoms with van der Waals surface area (Å²) in [5, 5.41) is 0. The molecule has 2 heteroatoms. The molecule has 0 saturated carbocycles. The average Bonchev–Trinajstić information content (AvgIpc) is 2.36. The fourth-order valence-electron chi connectivity index (χ4n) is 1.29. The van der Waals surface area contributed by atoms with Gasteiger partial charge in [-0.05, 0) is 36.9 Å². The van der Waals surface area contributed by atoms with Gasteiger partial charge in [0.1, 0.15) is 0 Å². The Morgan fingerprint density at radius 2 is 2.08 bits per heavy atom. The highest BCUT2D eigenvalue weighted by atomic mass is 14.8. The third kappa shape index (κ3) is 1.32. The fraction of sp³-hybridized carbons (Fsp3) is 0.182. The van der Waals surface area contributed by atoms with Crippen molar-refractivity contribution in [1.82, 2.24) is 0 Å². The number of nitrogens with zero attached hydrogens (tertiary/aromatic N) is 2. The Morgan fingerprint density at radius 3 is 2.92 bits per heavy atom. The summed E-state index contributed by atoms with van der Waals surface area (Å²) < 4.78 is 0. The zero-order chi connectivity index (χ0) is 9.26. The normalized spacial score (nSPS) is 12.8. The van der Waals surface area contributed by atoms with Crippen molar-refractivity contribution in [1.29, 1.82) is 0 Å². The number of hydrogen-bond acceptors (Lipinski definition) is 2. The molecule has 0 spiro atoms. The standard InChI is InChI=1S/C11H10N2/c1-8-4-5-10-11(9(8)2)13-7-3-6-12-10/h3-5,7H,1-2H3. The lowest BCUT2D eigenvalue weighted by molar-refractivity contribution is 1.30. The molecule has 1 aliphatic heterocycles. The molecule has 0 aliphatic carbocycles. The Bertz CT molecular complexity index is 436. The Labute approximate surface area is 77.4 Å². The van der Waals surface area contributed by atoms with Gasteiger partial charge in [0.15, 0.2) is 0 Å². The SMILES string of the molecule is Cc1ccc2c(c1C)N=CC=C=N2. The Balaban J connectivity index is 2.74. The molecule has 0 radical (unpaired) electrons. The molecule has 0 aromatic heterocycles. The van der Waals surface area contributed by atoms with Crippen molar-refractivity contribution in [2.45, 2.75) is 13.8 Å². The number of fused-ring (bicyclic) bond motifs is 1. The first-order valence-corrected chi connectivity index (χ1v) is 4.21. The van der Waals surface area contributed by atoms with Crippen LogP contribution >= 0.6 is 0 Å². The van der Waals surface area contributed by atoms with Crippen molar-refractivity contribution in [2.75, 3.05) is 0 Å². The molecule has 1 heterocycles. The summed E-state index contributed by atoms with van der Waals surface area (Å²) in [6, 6.07) is 4.03. The van der Waals surface area contributed by atoms with Gasteiger partial charge < -0.3 is 0 Å². The van der Waals surface area contributed by atoms with Crippen LogP contribution in [0.15, 0.2) is 28.2 Å². The van der Waals surface area contributed by atoms with Crippen LogP contribution in [0.5, 0.6) is 0 Å². The van der Waals surface area contributed by atoms with E-state index in [-0.39, 0.29) is 0 Å². The first-order chi connectivity index (χ1) is 6.29. The first kappa shape index (κ1) is 7.96. The molecule has 2 rings (SSSR count). The van der Waals surface area contributed by atoms with Crippen LogP contribution in [0.2, 0.25) is 0 Å². The van der Waals surface area contributed by atoms with Gasteiger partial charge in [-0.25, -0.2) is 4.99 Å². The minimum absolute atomic E-state index is 0.896. The summed E-state index contributed by atoms with van der Waals surface area (Å²) in [5.41, 5.74) is 4.29. The van der Waals surface area contributed by atoms with Crippen molar-refractivity contribution in [2.24, 2.45) is 9.98 Å². The number of rotatable bonds is 0. The topological polar surface area (TPSA) is 24.7 Å². The zero-order valence-corrected chi connectivity index (χ0v) is 7.70. The molecule has 0 atom stereocenters. The summed E-state index contributed by atoms with van der Waals surface area (Å²) in [6.45, 7) is 4.14. The van der Waals surface area contributed by atoms with Crippen LogP contribution in [0.25, 0.3) is 0 Å². The summed E-state index contributed by atoms with van der Waals surface area (Å²) in [6.07, 6.45) is 3.44. The van der Waals surface area contributed by atoms with E-state index in [1.54, 1.807) is 12.3 Å². The highest BCUT2D eigenvalue weighted by molar-refractivity contribution is 5.90. The van der Waals surface area contributed by atoms with E-state index in [0.29, 0.717) is 0 Å². The summed E-state index contributed by atoms with van der Waals surface area (Å²) in [7, 11) is 0. The predicted octanol–water partition coefficient (Wildman–Crippen LogP) is 2.88. The number of aliphatic imine (C=N–C) groups is 2. The summed E-state index contributed by atoms with van der Waals surface area (Å²) >= 11 is 0. The third-order valence-electron chi connectivity index (χ3n) is 2.22. The lowest BCUT2D eigenvalue weighted by atomic mass is 10.1. The second-order valence-electron chi connectivity index (χ2n) is 3.06. The molecule has 0 amide bonds. The monoisotopic (exact) mass is 170 g/mol. The first-order valence-electron chi connectivity index (χ1n) is 4.21. The van der Waals surface area contributed by atoms with E-state index < -0.39 is 0 Å². The van der Waals surface area contributed by atoms with Crippen molar-refractivity contribution < 1.29 is 0 Å². The van der Waals surface area contributed by atoms with Gasteiger partial charge in [-0.1, -0.05) is 6.07 Å². The molecule has 0 unspecified atom stereocenters. The van der Waals surface area contributed by atoms with Gasteiger partial charge in [0.25, 0.3) is 0 Å². The highest BCUT2D eigenvalue weighted by Gasteiger charge is 2.05. The van der Waals surface area contributed by atoms with E-state index in [9.17, 15) is 0 Å². The number of allylic oxidation sites excluding steroid dienone is 1. The number of hydrogen-bond donors (Lipinski definition) is 0. The van der Waals surface area contributed by atoms with Crippen LogP contribution in [0.4, 0.5) is 11.4 Å². The quantitative estimate of drug-likeness (QED) is 0.572. The van der Waals surface area contributed by atoms with Crippen LogP contribution in [0, 0.1) is 13.8 Å². The smallest absolute Gasteiger partial charge is 0.0989 e. The van der Waals surface area contributed by atoms with E-state index in [1.807, 2.05) is 6.07 Å². The summed E-state index contributed by atoms with van der Waals surface area (Å²) in [4.78, 5) is 8.47. The van der Waals surface area contributed by atoms with E-state index in [4.69, 9.17) is 0 Å². The lowest BCUT2D eigenvalue weighted by Gasteiger charge is -2.05. The molecule has 0 fully saturated rings. The predicted molar refractivity (Wildman–Crippen MR) is 55.7 cm³/mol. The van der Waals surface area contributed by atoms with Gasteiger partial charge in [0.2, 0.25) is 0 Å². The number of aryl methyl sites for hydroxylation is 1. The second-order valence-corrected chi connectivity index (χ2v) is 3.06. The van der Waals surface area contributed by atoms with Crippen molar-refractivity contribution >= 4 is 23.5 Å². The zero-order valence-electron chi connectivity index (χ0n) is 7.70. The molecule has 1 aliphatic rings. The van der Waals surface area contributed by atoms with E-state index in [0.717, 1.165) is 11.4 Å². The van der Waals surface area contributed by atoms with Crippen molar-refractivity contribution in [3.63, 3.8) is 0 Å². The molecule has 1 aromatic carbocycles. The van der Waals surface area contributed by atoms with Crippen LogP contribution in [-0.2, 0) is 0 Å². The van der Waals surface area contributed by atoms with E-state index in [2.05, 4.69) is 35.8 Å². The highest BCUT2D eigenvalue weighted by Crippen LogP contribution is 2.33.